The zero-order chi connectivity index (χ0) is 12.7. The van der Waals surface area contributed by atoms with Crippen LogP contribution in [0.2, 0.25) is 0 Å². The molecular formula is C16H32O. The van der Waals surface area contributed by atoms with Crippen molar-refractivity contribution in [1.82, 2.24) is 0 Å². The molecule has 0 bridgehead atoms. The van der Waals surface area contributed by atoms with E-state index in [9.17, 15) is 5.11 Å². The quantitative estimate of drug-likeness (QED) is 0.626. The maximum absolute atomic E-state index is 10.7. The van der Waals surface area contributed by atoms with Crippen LogP contribution in [-0.2, 0) is 0 Å². The monoisotopic (exact) mass is 240 g/mol. The van der Waals surface area contributed by atoms with Gasteiger partial charge in [-0.2, -0.15) is 0 Å². The first-order valence-corrected chi connectivity index (χ1v) is 7.82. The number of rotatable bonds is 7. The van der Waals surface area contributed by atoms with Gasteiger partial charge in [0.05, 0.1) is 5.60 Å². The summed E-state index contributed by atoms with van der Waals surface area (Å²) in [5.41, 5.74) is -0.345. The second kappa shape index (κ2) is 7.41. The molecule has 3 atom stereocenters. The van der Waals surface area contributed by atoms with E-state index in [4.69, 9.17) is 0 Å². The van der Waals surface area contributed by atoms with Gasteiger partial charge in [-0.1, -0.05) is 72.1 Å². The molecule has 1 N–H and O–H groups in total. The summed E-state index contributed by atoms with van der Waals surface area (Å²) in [5, 5.41) is 10.7. The molecule has 17 heavy (non-hydrogen) atoms. The van der Waals surface area contributed by atoms with Crippen molar-refractivity contribution >= 4 is 0 Å². The predicted molar refractivity (Wildman–Crippen MR) is 75.1 cm³/mol. The van der Waals surface area contributed by atoms with Crippen molar-refractivity contribution in [2.75, 3.05) is 0 Å². The molecule has 1 fully saturated rings. The smallest absolute Gasteiger partial charge is 0.0675 e. The van der Waals surface area contributed by atoms with Crippen LogP contribution in [0.3, 0.4) is 0 Å². The molecule has 0 amide bonds. The van der Waals surface area contributed by atoms with Gasteiger partial charge in [0.1, 0.15) is 0 Å². The summed E-state index contributed by atoms with van der Waals surface area (Å²) < 4.78 is 0. The molecule has 102 valence electrons. The van der Waals surface area contributed by atoms with Crippen molar-refractivity contribution in [3.63, 3.8) is 0 Å². The van der Waals surface area contributed by atoms with Gasteiger partial charge in [-0.05, 0) is 24.7 Å². The van der Waals surface area contributed by atoms with Crippen LogP contribution >= 0.6 is 0 Å². The normalized spacial score (nSPS) is 33.9. The van der Waals surface area contributed by atoms with Crippen LogP contribution in [0.1, 0.15) is 85.0 Å². The van der Waals surface area contributed by atoms with E-state index >= 15 is 0 Å². The van der Waals surface area contributed by atoms with E-state index in [0.717, 1.165) is 12.8 Å². The molecule has 0 spiro atoms. The average Bonchev–Trinajstić information content (AvgIpc) is 2.31. The fraction of sp³-hybridized carbons (Fsp3) is 1.00. The second-order valence-electron chi connectivity index (χ2n) is 6.28. The van der Waals surface area contributed by atoms with Crippen LogP contribution in [0.5, 0.6) is 0 Å². The van der Waals surface area contributed by atoms with Crippen LogP contribution in [0, 0.1) is 11.8 Å². The Morgan fingerprint density at radius 1 is 1.06 bits per heavy atom. The van der Waals surface area contributed by atoms with Crippen LogP contribution < -0.4 is 0 Å². The van der Waals surface area contributed by atoms with Crippen molar-refractivity contribution in [3.8, 4) is 0 Å². The molecule has 3 unspecified atom stereocenters. The summed E-state index contributed by atoms with van der Waals surface area (Å²) in [6.07, 6.45) is 12.5. The first-order valence-electron chi connectivity index (χ1n) is 7.82. The van der Waals surface area contributed by atoms with E-state index in [1.165, 1.54) is 51.4 Å². The van der Waals surface area contributed by atoms with Crippen LogP contribution in [-0.4, -0.2) is 10.7 Å². The molecule has 1 aliphatic carbocycles. The minimum Gasteiger partial charge on any atom is -0.390 e. The third kappa shape index (κ3) is 4.62. The molecule has 1 nitrogen and oxygen atoms in total. The van der Waals surface area contributed by atoms with E-state index in [1.54, 1.807) is 0 Å². The summed E-state index contributed by atoms with van der Waals surface area (Å²) in [6, 6.07) is 0. The highest BCUT2D eigenvalue weighted by molar-refractivity contribution is 4.90. The Bertz CT molecular complexity index is 202. The van der Waals surface area contributed by atoms with E-state index in [2.05, 4.69) is 20.8 Å². The van der Waals surface area contributed by atoms with Crippen molar-refractivity contribution in [1.29, 1.82) is 0 Å². The fourth-order valence-electron chi connectivity index (χ4n) is 3.30. The molecule has 0 saturated heterocycles. The molecule has 1 aliphatic rings. The Balaban J connectivity index is 2.20. The van der Waals surface area contributed by atoms with E-state index in [0.29, 0.717) is 11.8 Å². The fourth-order valence-corrected chi connectivity index (χ4v) is 3.30. The van der Waals surface area contributed by atoms with Crippen LogP contribution in [0.25, 0.3) is 0 Å². The summed E-state index contributed by atoms with van der Waals surface area (Å²) >= 11 is 0. The highest BCUT2D eigenvalue weighted by atomic mass is 16.3. The molecule has 1 rings (SSSR count). The van der Waals surface area contributed by atoms with E-state index < -0.39 is 0 Å². The van der Waals surface area contributed by atoms with Gasteiger partial charge in [-0.15, -0.1) is 0 Å². The Hall–Kier alpha value is -0.0400. The average molecular weight is 240 g/mol. The SMILES string of the molecule is CCCCCCCCC1(O)CCCC(C)C1C. The number of hydrogen-bond donors (Lipinski definition) is 1. The maximum atomic E-state index is 10.7. The number of aliphatic hydroxyl groups is 1. The molecule has 1 heteroatoms. The Morgan fingerprint density at radius 3 is 2.41 bits per heavy atom. The lowest BCUT2D eigenvalue weighted by atomic mass is 9.68. The summed E-state index contributed by atoms with van der Waals surface area (Å²) in [5.74, 6) is 1.20. The standard InChI is InChI=1S/C16H32O/c1-4-5-6-7-8-9-12-16(17)13-10-11-14(2)15(16)3/h14-15,17H,4-13H2,1-3H3. The van der Waals surface area contributed by atoms with Crippen LogP contribution in [0.15, 0.2) is 0 Å². The third-order valence-corrected chi connectivity index (χ3v) is 4.93. The summed E-state index contributed by atoms with van der Waals surface area (Å²) in [6.45, 7) is 6.81. The van der Waals surface area contributed by atoms with Gasteiger partial charge in [0.25, 0.3) is 0 Å². The highest BCUT2D eigenvalue weighted by Crippen LogP contribution is 2.40. The minimum atomic E-state index is -0.345. The molecule has 0 radical (unpaired) electrons. The number of unbranched alkanes of at least 4 members (excludes halogenated alkanes) is 5. The van der Waals surface area contributed by atoms with Gasteiger partial charge >= 0.3 is 0 Å². The van der Waals surface area contributed by atoms with Gasteiger partial charge in [0.2, 0.25) is 0 Å². The van der Waals surface area contributed by atoms with Gasteiger partial charge in [0.15, 0.2) is 0 Å². The van der Waals surface area contributed by atoms with E-state index in [-0.39, 0.29) is 5.60 Å². The summed E-state index contributed by atoms with van der Waals surface area (Å²) in [7, 11) is 0. The second-order valence-corrected chi connectivity index (χ2v) is 6.28. The zero-order valence-corrected chi connectivity index (χ0v) is 12.2. The molecule has 0 aromatic heterocycles. The highest BCUT2D eigenvalue weighted by Gasteiger charge is 2.38. The Labute approximate surface area is 108 Å². The van der Waals surface area contributed by atoms with Crippen molar-refractivity contribution in [2.24, 2.45) is 11.8 Å². The molecule has 0 aliphatic heterocycles. The predicted octanol–water partition coefficient (Wildman–Crippen LogP) is 4.92. The molecule has 0 aromatic carbocycles. The topological polar surface area (TPSA) is 20.2 Å². The largest absolute Gasteiger partial charge is 0.390 e. The first kappa shape index (κ1) is 15.0. The lowest BCUT2D eigenvalue weighted by Crippen LogP contribution is -2.42. The van der Waals surface area contributed by atoms with Gasteiger partial charge in [-0.25, -0.2) is 0 Å². The van der Waals surface area contributed by atoms with Crippen molar-refractivity contribution < 1.29 is 5.11 Å². The molecule has 1 saturated carbocycles. The first-order chi connectivity index (χ1) is 8.10. The molecule has 0 aromatic rings. The Kier molecular flexibility index (Phi) is 6.54. The molecular weight excluding hydrogens is 208 g/mol. The zero-order valence-electron chi connectivity index (χ0n) is 12.2. The third-order valence-electron chi connectivity index (χ3n) is 4.93. The maximum Gasteiger partial charge on any atom is 0.0675 e. The number of hydrogen-bond acceptors (Lipinski definition) is 1. The van der Waals surface area contributed by atoms with Crippen molar-refractivity contribution in [2.45, 2.75) is 90.6 Å². The van der Waals surface area contributed by atoms with Crippen LogP contribution in [0.4, 0.5) is 0 Å². The Morgan fingerprint density at radius 2 is 1.71 bits per heavy atom. The lowest BCUT2D eigenvalue weighted by Gasteiger charge is -2.42. The lowest BCUT2D eigenvalue weighted by molar-refractivity contribution is -0.0703. The molecule has 0 heterocycles. The van der Waals surface area contributed by atoms with Gasteiger partial charge in [0, 0.05) is 0 Å². The summed E-state index contributed by atoms with van der Waals surface area (Å²) in [4.78, 5) is 0. The minimum absolute atomic E-state index is 0.345. The van der Waals surface area contributed by atoms with Gasteiger partial charge < -0.3 is 5.11 Å². The van der Waals surface area contributed by atoms with Crippen molar-refractivity contribution in [3.05, 3.63) is 0 Å². The van der Waals surface area contributed by atoms with E-state index in [1.807, 2.05) is 0 Å². The van der Waals surface area contributed by atoms with Gasteiger partial charge in [-0.3, -0.25) is 0 Å².